The van der Waals surface area contributed by atoms with Gasteiger partial charge < -0.3 is 15.3 Å². The molecular formula is C13H17BrFN3O2. The number of benzene rings is 1. The highest BCUT2D eigenvalue weighted by molar-refractivity contribution is 9.10. The summed E-state index contributed by atoms with van der Waals surface area (Å²) in [6.45, 7) is 3.42. The van der Waals surface area contributed by atoms with Crippen molar-refractivity contribution >= 4 is 27.6 Å². The molecule has 1 fully saturated rings. The predicted molar refractivity (Wildman–Crippen MR) is 78.2 cm³/mol. The van der Waals surface area contributed by atoms with Gasteiger partial charge in [-0.05, 0) is 34.1 Å². The number of aliphatic hydroxyl groups excluding tert-OH is 1. The van der Waals surface area contributed by atoms with Crippen LogP contribution in [-0.2, 0) is 0 Å². The van der Waals surface area contributed by atoms with Gasteiger partial charge in [0.25, 0.3) is 0 Å². The van der Waals surface area contributed by atoms with Crippen molar-refractivity contribution in [3.63, 3.8) is 0 Å². The van der Waals surface area contributed by atoms with Gasteiger partial charge in [0.1, 0.15) is 5.82 Å². The van der Waals surface area contributed by atoms with Crippen LogP contribution < -0.4 is 5.32 Å². The van der Waals surface area contributed by atoms with E-state index in [0.717, 1.165) is 13.1 Å². The fourth-order valence-corrected chi connectivity index (χ4v) is 2.45. The number of nitrogens with one attached hydrogen (secondary N) is 1. The molecule has 1 heterocycles. The second-order valence-electron chi connectivity index (χ2n) is 4.61. The molecule has 7 heteroatoms. The number of aliphatic hydroxyl groups is 1. The van der Waals surface area contributed by atoms with Crippen molar-refractivity contribution in [3.8, 4) is 0 Å². The Morgan fingerprint density at radius 2 is 2.05 bits per heavy atom. The molecule has 110 valence electrons. The smallest absolute Gasteiger partial charge is 0.321 e. The van der Waals surface area contributed by atoms with Crippen LogP contribution in [0.4, 0.5) is 14.9 Å². The summed E-state index contributed by atoms with van der Waals surface area (Å²) in [5.74, 6) is -0.392. The molecule has 2 rings (SSSR count). The Balaban J connectivity index is 1.91. The zero-order valence-electron chi connectivity index (χ0n) is 11.0. The molecule has 20 heavy (non-hydrogen) atoms. The van der Waals surface area contributed by atoms with Crippen LogP contribution in [0.2, 0.25) is 0 Å². The Labute approximate surface area is 125 Å². The van der Waals surface area contributed by atoms with E-state index in [1.807, 2.05) is 0 Å². The molecule has 2 amide bonds. The second-order valence-corrected chi connectivity index (χ2v) is 5.46. The monoisotopic (exact) mass is 345 g/mol. The first-order valence-corrected chi connectivity index (χ1v) is 7.23. The predicted octanol–water partition coefficient (Wildman–Crippen LogP) is 1.73. The number of carbonyl (C=O) groups excluding carboxylic acids is 1. The summed E-state index contributed by atoms with van der Waals surface area (Å²) in [5.41, 5.74) is 0.424. The first kappa shape index (κ1) is 15.2. The van der Waals surface area contributed by atoms with Crippen LogP contribution in [0.15, 0.2) is 22.7 Å². The molecule has 0 aromatic heterocycles. The third-order valence-corrected chi connectivity index (χ3v) is 3.94. The molecule has 0 atom stereocenters. The minimum Gasteiger partial charge on any atom is -0.395 e. The van der Waals surface area contributed by atoms with Gasteiger partial charge in [0.15, 0.2) is 0 Å². The van der Waals surface area contributed by atoms with Gasteiger partial charge in [0.05, 0.1) is 12.3 Å². The lowest BCUT2D eigenvalue weighted by molar-refractivity contribution is 0.127. The molecule has 5 nitrogen and oxygen atoms in total. The first-order chi connectivity index (χ1) is 9.60. The van der Waals surface area contributed by atoms with Gasteiger partial charge in [-0.1, -0.05) is 0 Å². The molecule has 1 aliphatic rings. The highest BCUT2D eigenvalue weighted by Crippen LogP contribution is 2.23. The van der Waals surface area contributed by atoms with Crippen molar-refractivity contribution in [1.29, 1.82) is 0 Å². The number of amides is 2. The molecule has 0 unspecified atom stereocenters. The van der Waals surface area contributed by atoms with Crippen LogP contribution in [0.3, 0.4) is 0 Å². The summed E-state index contributed by atoms with van der Waals surface area (Å²) in [6, 6.07) is 3.93. The summed E-state index contributed by atoms with van der Waals surface area (Å²) in [4.78, 5) is 15.9. The molecule has 0 radical (unpaired) electrons. The highest BCUT2D eigenvalue weighted by Gasteiger charge is 2.21. The first-order valence-electron chi connectivity index (χ1n) is 6.44. The zero-order chi connectivity index (χ0) is 14.5. The Morgan fingerprint density at radius 1 is 1.35 bits per heavy atom. The van der Waals surface area contributed by atoms with Crippen LogP contribution >= 0.6 is 15.9 Å². The Hall–Kier alpha value is -1.18. The van der Waals surface area contributed by atoms with Gasteiger partial charge in [0.2, 0.25) is 0 Å². The SMILES string of the molecule is O=C(Nc1cc(F)ccc1Br)N1CCN(CCO)CC1. The fraction of sp³-hybridized carbons (Fsp3) is 0.462. The van der Waals surface area contributed by atoms with Crippen molar-refractivity contribution in [1.82, 2.24) is 9.80 Å². The Bertz CT molecular complexity index is 479. The molecule has 1 aromatic carbocycles. The van der Waals surface area contributed by atoms with Crippen LogP contribution in [-0.4, -0.2) is 60.3 Å². The van der Waals surface area contributed by atoms with E-state index in [-0.39, 0.29) is 12.6 Å². The summed E-state index contributed by atoms with van der Waals surface area (Å²) in [6.07, 6.45) is 0. The number of hydrogen-bond donors (Lipinski definition) is 2. The van der Waals surface area contributed by atoms with Gasteiger partial charge in [-0.15, -0.1) is 0 Å². The highest BCUT2D eigenvalue weighted by atomic mass is 79.9. The van der Waals surface area contributed by atoms with E-state index in [4.69, 9.17) is 5.11 Å². The van der Waals surface area contributed by atoms with Gasteiger partial charge in [-0.25, -0.2) is 9.18 Å². The number of urea groups is 1. The van der Waals surface area contributed by atoms with Gasteiger partial charge in [-0.3, -0.25) is 4.90 Å². The van der Waals surface area contributed by atoms with E-state index in [2.05, 4.69) is 26.1 Å². The van der Waals surface area contributed by atoms with Crippen LogP contribution in [0.25, 0.3) is 0 Å². The summed E-state index contributed by atoms with van der Waals surface area (Å²) in [5, 5.41) is 11.6. The topological polar surface area (TPSA) is 55.8 Å². The molecule has 1 aliphatic heterocycles. The number of β-amino-alcohol motifs (C(OH)–C–C–N with tert-alkyl or cyclic N) is 1. The number of anilines is 1. The maximum atomic E-state index is 13.2. The molecular weight excluding hydrogens is 329 g/mol. The average Bonchev–Trinajstić information content (AvgIpc) is 2.44. The fourth-order valence-electron chi connectivity index (χ4n) is 2.10. The lowest BCUT2D eigenvalue weighted by Gasteiger charge is -2.34. The van der Waals surface area contributed by atoms with Crippen molar-refractivity contribution < 1.29 is 14.3 Å². The largest absolute Gasteiger partial charge is 0.395 e. The van der Waals surface area contributed by atoms with E-state index in [1.54, 1.807) is 11.0 Å². The number of halogens is 2. The van der Waals surface area contributed by atoms with Crippen LogP contribution in [0, 0.1) is 5.82 Å². The minimum atomic E-state index is -0.392. The lowest BCUT2D eigenvalue weighted by Crippen LogP contribution is -2.50. The summed E-state index contributed by atoms with van der Waals surface area (Å²) in [7, 11) is 0. The van der Waals surface area contributed by atoms with Crippen molar-refractivity contribution in [2.45, 2.75) is 0 Å². The Morgan fingerprint density at radius 3 is 2.70 bits per heavy atom. The van der Waals surface area contributed by atoms with Gasteiger partial charge in [-0.2, -0.15) is 0 Å². The average molecular weight is 346 g/mol. The van der Waals surface area contributed by atoms with Crippen molar-refractivity contribution in [2.75, 3.05) is 44.6 Å². The normalized spacial score (nSPS) is 16.2. The molecule has 2 N–H and O–H groups in total. The van der Waals surface area contributed by atoms with E-state index >= 15 is 0 Å². The molecule has 1 saturated heterocycles. The van der Waals surface area contributed by atoms with Gasteiger partial charge >= 0.3 is 6.03 Å². The van der Waals surface area contributed by atoms with E-state index in [1.165, 1.54) is 12.1 Å². The van der Waals surface area contributed by atoms with Crippen molar-refractivity contribution in [2.24, 2.45) is 0 Å². The van der Waals surface area contributed by atoms with E-state index in [9.17, 15) is 9.18 Å². The molecule has 0 bridgehead atoms. The second kappa shape index (κ2) is 7.01. The third-order valence-electron chi connectivity index (χ3n) is 3.25. The maximum absolute atomic E-state index is 13.2. The van der Waals surface area contributed by atoms with Crippen molar-refractivity contribution in [3.05, 3.63) is 28.5 Å². The van der Waals surface area contributed by atoms with Gasteiger partial charge in [0, 0.05) is 37.2 Å². The molecule has 0 spiro atoms. The number of rotatable bonds is 3. The zero-order valence-corrected chi connectivity index (χ0v) is 12.6. The molecule has 0 aliphatic carbocycles. The maximum Gasteiger partial charge on any atom is 0.321 e. The number of piperazine rings is 1. The van der Waals surface area contributed by atoms with E-state index in [0.29, 0.717) is 29.8 Å². The van der Waals surface area contributed by atoms with E-state index < -0.39 is 5.82 Å². The Kier molecular flexibility index (Phi) is 5.33. The van der Waals surface area contributed by atoms with Crippen LogP contribution in [0.1, 0.15) is 0 Å². The minimum absolute atomic E-state index is 0.127. The third kappa shape index (κ3) is 3.91. The molecule has 1 aromatic rings. The standard InChI is InChI=1S/C13H17BrFN3O2/c14-11-2-1-10(15)9-12(11)16-13(20)18-5-3-17(4-6-18)7-8-19/h1-2,9,19H,3-8H2,(H,16,20). The molecule has 0 saturated carbocycles. The summed E-state index contributed by atoms with van der Waals surface area (Å²) >= 11 is 3.28. The quantitative estimate of drug-likeness (QED) is 0.877. The lowest BCUT2D eigenvalue weighted by atomic mass is 10.3. The van der Waals surface area contributed by atoms with Crippen LogP contribution in [0.5, 0.6) is 0 Å². The number of nitrogens with zero attached hydrogens (tertiary/aromatic N) is 2. The number of hydrogen-bond acceptors (Lipinski definition) is 3. The number of carbonyl (C=O) groups is 1. The summed E-state index contributed by atoms with van der Waals surface area (Å²) < 4.78 is 13.8.